The largest absolute Gasteiger partial charge is 0.469 e. The van der Waals surface area contributed by atoms with Gasteiger partial charge in [0.1, 0.15) is 36.7 Å². The third-order valence-corrected chi connectivity index (χ3v) is 18.7. The molecular weight excluding hydrogens is 1850 g/mol. The molecule has 0 aromatic carbocycles. The van der Waals surface area contributed by atoms with Gasteiger partial charge < -0.3 is 37.9 Å². The van der Waals surface area contributed by atoms with Crippen molar-refractivity contribution < 1.29 is 186 Å². The number of ether oxygens (including phenoxy) is 8. The number of halogens is 29. The summed E-state index contributed by atoms with van der Waals surface area (Å²) in [7, 11) is 2.59. The third-order valence-electron chi connectivity index (χ3n) is 16.8. The summed E-state index contributed by atoms with van der Waals surface area (Å²) in [4.78, 5) is 92.2. The van der Waals surface area contributed by atoms with E-state index < -0.39 is 198 Å². The molecule has 47 heteroatoms. The summed E-state index contributed by atoms with van der Waals surface area (Å²) in [6, 6.07) is 3.99. The van der Waals surface area contributed by atoms with Crippen molar-refractivity contribution >= 4 is 94.2 Å². The summed E-state index contributed by atoms with van der Waals surface area (Å²) in [5.41, 5.74) is -14.2. The molecule has 0 rings (SSSR count). The van der Waals surface area contributed by atoms with Crippen molar-refractivity contribution in [2.24, 2.45) is 63.6 Å². The molecule has 11 unspecified atom stereocenters. The van der Waals surface area contributed by atoms with Crippen molar-refractivity contribution in [1.82, 2.24) is 0 Å². The van der Waals surface area contributed by atoms with Gasteiger partial charge in [-0.2, -0.15) is 89.6 Å². The van der Waals surface area contributed by atoms with Crippen molar-refractivity contribution in [3.63, 3.8) is 0 Å². The maximum absolute atomic E-state index is 12.6. The van der Waals surface area contributed by atoms with Gasteiger partial charge in [0.05, 0.1) is 73.7 Å². The van der Waals surface area contributed by atoms with Gasteiger partial charge in [-0.25, -0.2) is 30.7 Å². The van der Waals surface area contributed by atoms with E-state index in [1.165, 1.54) is 55.8 Å². The topological polar surface area (TPSA) is 258 Å². The van der Waals surface area contributed by atoms with E-state index in [9.17, 15) is 148 Å². The van der Waals surface area contributed by atoms with Crippen molar-refractivity contribution in [3.05, 3.63) is 0 Å². The molecule has 18 nitrogen and oxygen atoms in total. The number of nitriles is 2. The Balaban J connectivity index is -0.000000150. The van der Waals surface area contributed by atoms with Gasteiger partial charge >= 0.3 is 96.7 Å². The number of carbonyl (C=O) groups excluding carboxylic acids is 8. The maximum Gasteiger partial charge on any atom is 0.428 e. The molecule has 0 spiro atoms. The zero-order valence-corrected chi connectivity index (χ0v) is 80.9. The van der Waals surface area contributed by atoms with Crippen LogP contribution in [0.1, 0.15) is 262 Å². The number of esters is 8. The van der Waals surface area contributed by atoms with Crippen LogP contribution >= 0.6 is 46.4 Å². The van der Waals surface area contributed by atoms with Gasteiger partial charge in [0.2, 0.25) is 0 Å². The molecule has 0 saturated carbocycles. The highest BCUT2D eigenvalue weighted by atomic mass is 35.5. The normalized spacial score (nSPS) is 16.0. The molecule has 0 aromatic rings. The van der Waals surface area contributed by atoms with Crippen molar-refractivity contribution in [3.8, 4) is 12.1 Å². The van der Waals surface area contributed by atoms with Crippen LogP contribution in [0.2, 0.25) is 0 Å². The van der Waals surface area contributed by atoms with Crippen molar-refractivity contribution in [2.45, 2.75) is 359 Å². The average molecular weight is 1980 g/mol. The van der Waals surface area contributed by atoms with E-state index in [1.807, 2.05) is 12.1 Å². The first-order chi connectivity index (χ1) is 54.4. The fourth-order valence-corrected chi connectivity index (χ4v) is 5.79. The summed E-state index contributed by atoms with van der Waals surface area (Å²) in [6.45, 7) is 45.4. The maximum atomic E-state index is 12.6. The van der Waals surface area contributed by atoms with E-state index in [0.29, 0.717) is 27.2 Å². The monoisotopic (exact) mass is 1970 g/mol. The van der Waals surface area contributed by atoms with Gasteiger partial charge in [-0.05, 0) is 179 Å². The van der Waals surface area contributed by atoms with E-state index >= 15 is 0 Å². The number of hydrogen-bond donors (Lipinski definition) is 0. The minimum atomic E-state index is -5.54. The molecular formula is C79H127Cl4F25N2O16. The van der Waals surface area contributed by atoms with Crippen molar-refractivity contribution in [2.75, 3.05) is 20.8 Å². The quantitative estimate of drug-likeness (QED) is 0.0383. The Morgan fingerprint density at radius 2 is 0.524 bits per heavy atom. The first-order valence-electron chi connectivity index (χ1n) is 37.6. The highest BCUT2D eigenvalue weighted by molar-refractivity contribution is 6.62. The number of rotatable bonds is 19. The lowest BCUT2D eigenvalue weighted by Crippen LogP contribution is -2.51. The summed E-state index contributed by atoms with van der Waals surface area (Å²) in [6.07, 6.45) is -30.1. The van der Waals surface area contributed by atoms with Crippen LogP contribution in [-0.2, 0) is 76.3 Å². The first-order valence-corrected chi connectivity index (χ1v) is 39.1. The van der Waals surface area contributed by atoms with Gasteiger partial charge in [0.15, 0.2) is 22.9 Å². The van der Waals surface area contributed by atoms with Crippen LogP contribution in [0.25, 0.3) is 0 Å². The minimum absolute atomic E-state index is 0.111. The smallest absolute Gasteiger partial charge is 0.428 e. The second-order valence-electron chi connectivity index (χ2n) is 34.5. The lowest BCUT2D eigenvalue weighted by molar-refractivity contribution is -0.289. The summed E-state index contributed by atoms with van der Waals surface area (Å²) >= 11 is 22.0. The molecule has 752 valence electrons. The number of nitrogens with zero attached hydrogens (tertiary/aromatic N) is 2. The van der Waals surface area contributed by atoms with Crippen molar-refractivity contribution in [1.29, 1.82) is 10.5 Å². The standard InChI is InChI=1S/2C14H26O4.C10H17F3O2.C8H10F6O2.C8H14O4.C6H8F6.C6H8N2.C5H6F6.C4H6Cl4.C4H6F4/c1-9-14(8,10(15)17-12(2,3)4)11(16)18-13(5,6)7;1-9(11(15)17-13(3,4)5)10(2)12(16)18-14(6,7)8;1-6-9(5,10(11,12)13)7(14)15-8(2,3)4;1-3-6(2,8(12,13)14)5(15)16-4-7(9,10)11;1-5(7(9)11-3)6(2)8(10)12-4;1-3(5(7,8)9)4(2)6(10,11)12;1-5(3-7)6(2)4-8;1-3(6,4(2,7)8)5(9,10)11;2*1-3(5,6)4(2,7)8/h9H2,1-8H3;9-10H,1-8H3;6H2,1-5H3;3-4H2,1-2H3;5-6H,1-4H3;3-4H,1-2H3;5-6H,1-2H3;1-2H3;2*1-2H3. The first kappa shape index (κ1) is 141. The summed E-state index contributed by atoms with van der Waals surface area (Å²) < 4.78 is 333. The van der Waals surface area contributed by atoms with E-state index in [-0.39, 0.29) is 57.9 Å². The van der Waals surface area contributed by atoms with E-state index in [0.717, 1.165) is 13.8 Å². The minimum Gasteiger partial charge on any atom is -0.469 e. The van der Waals surface area contributed by atoms with Crippen LogP contribution in [0, 0.1) is 86.3 Å². The number of methoxy groups -OCH3 is 2. The fraction of sp³-hybridized carbons (Fsp3) is 0.873. The zero-order chi connectivity index (χ0) is 105. The van der Waals surface area contributed by atoms with E-state index in [2.05, 4.69) is 14.2 Å². The second-order valence-corrected chi connectivity index (χ2v) is 37.9. The molecule has 0 N–H and O–H groups in total. The second kappa shape index (κ2) is 53.6. The van der Waals surface area contributed by atoms with Gasteiger partial charge in [-0.15, -0.1) is 0 Å². The van der Waals surface area contributed by atoms with E-state index in [1.54, 1.807) is 138 Å². The lowest BCUT2D eigenvalue weighted by Gasteiger charge is -2.32. The predicted octanol–water partition coefficient (Wildman–Crippen LogP) is 26.3. The highest BCUT2D eigenvalue weighted by Gasteiger charge is 2.66. The van der Waals surface area contributed by atoms with Gasteiger partial charge in [-0.1, -0.05) is 109 Å². The zero-order valence-electron chi connectivity index (χ0n) is 77.8. The molecule has 0 aliphatic carbocycles. The van der Waals surface area contributed by atoms with Gasteiger partial charge in [-0.3, -0.25) is 38.4 Å². The highest BCUT2D eigenvalue weighted by Crippen LogP contribution is 2.47. The van der Waals surface area contributed by atoms with Crippen LogP contribution in [0.4, 0.5) is 110 Å². The molecule has 0 radical (unpaired) electrons. The molecule has 0 aliphatic heterocycles. The van der Waals surface area contributed by atoms with Crippen LogP contribution in [0.5, 0.6) is 0 Å². The van der Waals surface area contributed by atoms with E-state index in [4.69, 9.17) is 80.6 Å². The Hall–Kier alpha value is -5.85. The van der Waals surface area contributed by atoms with Crippen LogP contribution in [0.3, 0.4) is 0 Å². The molecule has 0 heterocycles. The average Bonchev–Trinajstić information content (AvgIpc) is 0.804. The Morgan fingerprint density at radius 1 is 0.310 bits per heavy atom. The number of alkyl halides is 29. The summed E-state index contributed by atoms with van der Waals surface area (Å²) in [5.74, 6) is -24.9. The van der Waals surface area contributed by atoms with Gasteiger partial charge in [0, 0.05) is 20.8 Å². The number of hydrogen-bond acceptors (Lipinski definition) is 18. The van der Waals surface area contributed by atoms with Gasteiger partial charge in [0.25, 0.3) is 11.6 Å². The van der Waals surface area contributed by atoms with Crippen LogP contribution < -0.4 is 0 Å². The molecule has 0 aromatic heterocycles. The van der Waals surface area contributed by atoms with Crippen LogP contribution in [0.15, 0.2) is 0 Å². The summed E-state index contributed by atoms with van der Waals surface area (Å²) in [5, 5.41) is 16.5. The molecule has 126 heavy (non-hydrogen) atoms. The van der Waals surface area contributed by atoms with Crippen LogP contribution in [-0.4, -0.2) is 166 Å². The third kappa shape index (κ3) is 60.2. The Kier molecular flexibility index (Phi) is 59.8. The molecule has 0 saturated heterocycles. The molecule has 0 fully saturated rings. The predicted molar refractivity (Wildman–Crippen MR) is 422 cm³/mol. The Bertz CT molecular complexity index is 3150. The SMILES string of the molecule is CC(C#N)C(C)C#N.CC(C(=O)OC(C)(C)C)C(C)C(=O)OC(C)(C)C.CC(C(C)C(F)(F)F)C(F)(F)F.CC(Cl)(Cl)C(C)(Cl)Cl.CC(F)(F)C(C)(F)C(F)(F)F.CC(F)(F)C(C)(F)F.CCC(C)(C(=O)OC(C)(C)C)C(=O)OC(C)(C)C.CCC(C)(C(=O)OC(C)(C)C)C(F)(F)F.CCC(C)(C(=O)OCC(F)(F)F)C(F)(F)F.COC(=O)C(C)C(C)C(=O)OC. The molecule has 0 aliphatic rings. The molecule has 0 amide bonds. The fourth-order valence-electron chi connectivity index (χ4n) is 5.79. The molecule has 11 atom stereocenters. The Morgan fingerprint density at radius 3 is 0.659 bits per heavy atom. The number of carbonyl (C=O) groups is 8. The molecule has 0 bridgehead atoms. The Labute approximate surface area is 743 Å². The lowest BCUT2D eigenvalue weighted by atomic mass is 9.86.